The maximum absolute atomic E-state index is 14.3. The molecule has 0 aliphatic carbocycles. The number of carbonyl (C=O) groups excluding carboxylic acids is 1. The fourth-order valence-corrected chi connectivity index (χ4v) is 2.74. The highest BCUT2D eigenvalue weighted by atomic mass is 19.1. The lowest BCUT2D eigenvalue weighted by Crippen LogP contribution is -2.28. The standard InChI is InChI=1S/C19H15FN4O2/c20-15-10-14(6-7-17(15)24-9-8-21-12-24)22-19(25)18-11-16(23-26-18)13-4-2-1-3-5-13/h1-10,12,18H,11H2,(H,22,25)/t18-/m0/s1. The zero-order valence-corrected chi connectivity index (χ0v) is 13.7. The Morgan fingerprint density at radius 2 is 2.08 bits per heavy atom. The molecule has 0 unspecified atom stereocenters. The van der Waals surface area contributed by atoms with E-state index >= 15 is 0 Å². The number of imidazole rings is 1. The summed E-state index contributed by atoms with van der Waals surface area (Å²) in [5.74, 6) is -0.830. The summed E-state index contributed by atoms with van der Waals surface area (Å²) in [6, 6.07) is 14.0. The molecule has 0 bridgehead atoms. The second-order valence-corrected chi connectivity index (χ2v) is 5.83. The third-order valence-corrected chi connectivity index (χ3v) is 4.07. The van der Waals surface area contributed by atoms with Crippen molar-refractivity contribution in [3.63, 3.8) is 0 Å². The molecule has 1 amide bonds. The molecule has 1 aromatic heterocycles. The number of hydrogen-bond acceptors (Lipinski definition) is 4. The number of rotatable bonds is 4. The highest BCUT2D eigenvalue weighted by molar-refractivity contribution is 6.06. The van der Waals surface area contributed by atoms with Crippen molar-refractivity contribution in [2.24, 2.45) is 5.16 Å². The van der Waals surface area contributed by atoms with E-state index < -0.39 is 11.9 Å². The fraction of sp³-hybridized carbons (Fsp3) is 0.105. The molecule has 26 heavy (non-hydrogen) atoms. The molecule has 1 aliphatic rings. The number of benzene rings is 2. The first kappa shape index (κ1) is 16.0. The highest BCUT2D eigenvalue weighted by Crippen LogP contribution is 2.21. The summed E-state index contributed by atoms with van der Waals surface area (Å²) in [6.45, 7) is 0. The first-order valence-electron chi connectivity index (χ1n) is 8.07. The minimum atomic E-state index is -0.735. The molecule has 0 radical (unpaired) electrons. The van der Waals surface area contributed by atoms with E-state index in [-0.39, 0.29) is 5.91 Å². The van der Waals surface area contributed by atoms with Crippen LogP contribution in [-0.4, -0.2) is 27.3 Å². The minimum absolute atomic E-state index is 0.354. The van der Waals surface area contributed by atoms with Crippen LogP contribution in [0.25, 0.3) is 5.69 Å². The lowest BCUT2D eigenvalue weighted by Gasteiger charge is -2.11. The van der Waals surface area contributed by atoms with Crippen LogP contribution < -0.4 is 5.32 Å². The number of amides is 1. The second-order valence-electron chi connectivity index (χ2n) is 5.83. The van der Waals surface area contributed by atoms with Gasteiger partial charge >= 0.3 is 0 Å². The van der Waals surface area contributed by atoms with Crippen molar-refractivity contribution in [3.8, 4) is 5.69 Å². The van der Waals surface area contributed by atoms with Crippen LogP contribution in [0.2, 0.25) is 0 Å². The summed E-state index contributed by atoms with van der Waals surface area (Å²) >= 11 is 0. The largest absolute Gasteiger partial charge is 0.382 e. The van der Waals surface area contributed by atoms with Gasteiger partial charge in [-0.1, -0.05) is 35.5 Å². The van der Waals surface area contributed by atoms with Crippen molar-refractivity contribution < 1.29 is 14.0 Å². The van der Waals surface area contributed by atoms with E-state index in [2.05, 4.69) is 15.5 Å². The Hall–Kier alpha value is -3.48. The summed E-state index contributed by atoms with van der Waals surface area (Å²) in [6.07, 6.45) is 4.35. The minimum Gasteiger partial charge on any atom is -0.382 e. The molecule has 1 aliphatic heterocycles. The Morgan fingerprint density at radius 1 is 1.23 bits per heavy atom. The molecular formula is C19H15FN4O2. The molecule has 0 spiro atoms. The Morgan fingerprint density at radius 3 is 2.81 bits per heavy atom. The summed E-state index contributed by atoms with van der Waals surface area (Å²) < 4.78 is 15.8. The number of oxime groups is 1. The quantitative estimate of drug-likeness (QED) is 0.786. The van der Waals surface area contributed by atoms with Gasteiger partial charge in [-0.2, -0.15) is 0 Å². The topological polar surface area (TPSA) is 68.5 Å². The average molecular weight is 350 g/mol. The first-order valence-corrected chi connectivity index (χ1v) is 8.07. The Labute approximate surface area is 148 Å². The van der Waals surface area contributed by atoms with E-state index in [1.165, 1.54) is 12.4 Å². The molecule has 0 fully saturated rings. The number of aromatic nitrogens is 2. The third-order valence-electron chi connectivity index (χ3n) is 4.07. The fourth-order valence-electron chi connectivity index (χ4n) is 2.74. The van der Waals surface area contributed by atoms with Gasteiger partial charge < -0.3 is 14.7 Å². The van der Waals surface area contributed by atoms with Crippen LogP contribution in [0.5, 0.6) is 0 Å². The van der Waals surface area contributed by atoms with Gasteiger partial charge in [-0.15, -0.1) is 0 Å². The molecular weight excluding hydrogens is 335 g/mol. The molecule has 1 atom stereocenters. The Kier molecular flexibility index (Phi) is 4.18. The molecule has 3 aromatic rings. The van der Waals surface area contributed by atoms with Gasteiger partial charge in [0.1, 0.15) is 5.82 Å². The molecule has 6 nitrogen and oxygen atoms in total. The van der Waals surface area contributed by atoms with Crippen LogP contribution in [-0.2, 0) is 9.63 Å². The predicted molar refractivity (Wildman–Crippen MR) is 94.6 cm³/mol. The number of hydrogen-bond donors (Lipinski definition) is 1. The summed E-state index contributed by atoms with van der Waals surface area (Å²) in [5, 5.41) is 6.65. The van der Waals surface area contributed by atoms with Crippen LogP contribution >= 0.6 is 0 Å². The molecule has 4 rings (SSSR count). The van der Waals surface area contributed by atoms with Crippen molar-refractivity contribution >= 4 is 17.3 Å². The summed E-state index contributed by atoms with van der Waals surface area (Å²) in [7, 11) is 0. The van der Waals surface area contributed by atoms with Crippen LogP contribution in [0.4, 0.5) is 10.1 Å². The molecule has 0 saturated heterocycles. The average Bonchev–Trinajstić information content (AvgIpc) is 3.35. The van der Waals surface area contributed by atoms with E-state index in [0.29, 0.717) is 23.5 Å². The van der Waals surface area contributed by atoms with Crippen molar-refractivity contribution in [1.82, 2.24) is 9.55 Å². The molecule has 7 heteroatoms. The van der Waals surface area contributed by atoms with Gasteiger partial charge in [0.25, 0.3) is 5.91 Å². The van der Waals surface area contributed by atoms with Crippen LogP contribution in [0.3, 0.4) is 0 Å². The number of halogens is 1. The SMILES string of the molecule is O=C(Nc1ccc(-n2ccnc2)c(F)c1)[C@@H]1CC(c2ccccc2)=NO1. The van der Waals surface area contributed by atoms with E-state index in [0.717, 1.165) is 5.56 Å². The van der Waals surface area contributed by atoms with E-state index in [1.807, 2.05) is 30.3 Å². The van der Waals surface area contributed by atoms with Gasteiger partial charge in [-0.3, -0.25) is 4.79 Å². The number of carbonyl (C=O) groups is 1. The third kappa shape index (κ3) is 3.19. The zero-order chi connectivity index (χ0) is 17.9. The summed E-state index contributed by atoms with van der Waals surface area (Å²) in [4.78, 5) is 21.5. The molecule has 1 N–H and O–H groups in total. The highest BCUT2D eigenvalue weighted by Gasteiger charge is 2.29. The maximum atomic E-state index is 14.3. The van der Waals surface area contributed by atoms with Crippen LogP contribution in [0.15, 0.2) is 72.4 Å². The maximum Gasteiger partial charge on any atom is 0.268 e. The summed E-state index contributed by atoms with van der Waals surface area (Å²) in [5.41, 5.74) is 2.34. The normalized spacial score (nSPS) is 16.0. The van der Waals surface area contributed by atoms with Gasteiger partial charge in [0.2, 0.25) is 6.10 Å². The van der Waals surface area contributed by atoms with Crippen molar-refractivity contribution in [3.05, 3.63) is 78.6 Å². The van der Waals surface area contributed by atoms with Crippen molar-refractivity contribution in [2.45, 2.75) is 12.5 Å². The Bertz CT molecular complexity index is 955. The molecule has 2 aromatic carbocycles. The number of nitrogens with zero attached hydrogens (tertiary/aromatic N) is 3. The Balaban J connectivity index is 1.42. The van der Waals surface area contributed by atoms with E-state index in [1.54, 1.807) is 29.1 Å². The second kappa shape index (κ2) is 6.79. The smallest absolute Gasteiger partial charge is 0.268 e. The van der Waals surface area contributed by atoms with Crippen molar-refractivity contribution in [1.29, 1.82) is 0 Å². The monoisotopic (exact) mass is 350 g/mol. The van der Waals surface area contributed by atoms with E-state index in [4.69, 9.17) is 4.84 Å². The van der Waals surface area contributed by atoms with Crippen molar-refractivity contribution in [2.75, 3.05) is 5.32 Å². The molecule has 2 heterocycles. The molecule has 130 valence electrons. The number of anilines is 1. The predicted octanol–water partition coefficient (Wildman–Crippen LogP) is 3.14. The first-order chi connectivity index (χ1) is 12.7. The molecule has 0 saturated carbocycles. The van der Waals surface area contributed by atoms with E-state index in [9.17, 15) is 9.18 Å². The van der Waals surface area contributed by atoms with Crippen LogP contribution in [0, 0.1) is 5.82 Å². The van der Waals surface area contributed by atoms with Gasteiger partial charge in [0, 0.05) is 24.5 Å². The van der Waals surface area contributed by atoms with Crippen LogP contribution in [0.1, 0.15) is 12.0 Å². The lowest BCUT2D eigenvalue weighted by atomic mass is 10.0. The van der Waals surface area contributed by atoms with Gasteiger partial charge in [-0.25, -0.2) is 9.37 Å². The van der Waals surface area contributed by atoms with Gasteiger partial charge in [0.05, 0.1) is 17.7 Å². The zero-order valence-electron chi connectivity index (χ0n) is 13.7. The number of nitrogens with one attached hydrogen (secondary N) is 1. The van der Waals surface area contributed by atoms with Gasteiger partial charge in [0.15, 0.2) is 0 Å². The van der Waals surface area contributed by atoms with Gasteiger partial charge in [-0.05, 0) is 23.8 Å². The lowest BCUT2D eigenvalue weighted by molar-refractivity contribution is -0.125.